The molecule has 6 heteroatoms. The molecule has 5 nitrogen and oxygen atoms in total. The highest BCUT2D eigenvalue weighted by molar-refractivity contribution is 6.31. The molecule has 3 aliphatic rings. The molecule has 1 aromatic rings. The Morgan fingerprint density at radius 2 is 1.79 bits per heavy atom. The first-order valence-corrected chi connectivity index (χ1v) is 11.4. The summed E-state index contributed by atoms with van der Waals surface area (Å²) < 4.78 is 0. The fourth-order valence-electron chi connectivity index (χ4n) is 4.50. The van der Waals surface area contributed by atoms with Gasteiger partial charge in [-0.05, 0) is 63.1 Å². The third-order valence-corrected chi connectivity index (χ3v) is 7.14. The van der Waals surface area contributed by atoms with Gasteiger partial charge in [0.1, 0.15) is 5.75 Å². The average Bonchev–Trinajstić information content (AvgIpc) is 3.44. The first kappa shape index (κ1) is 21.0. The molecule has 1 aliphatic carbocycles. The lowest BCUT2D eigenvalue weighted by Crippen LogP contribution is -2.67. The van der Waals surface area contributed by atoms with Crippen LogP contribution in [-0.2, 0) is 11.2 Å². The van der Waals surface area contributed by atoms with Gasteiger partial charge in [-0.1, -0.05) is 17.7 Å². The Morgan fingerprint density at radius 1 is 1.14 bits per heavy atom. The monoisotopic (exact) mass is 419 g/mol. The van der Waals surface area contributed by atoms with E-state index in [1.54, 1.807) is 6.07 Å². The molecule has 2 aliphatic heterocycles. The van der Waals surface area contributed by atoms with Crippen molar-refractivity contribution in [3.8, 4) is 5.75 Å². The van der Waals surface area contributed by atoms with Crippen molar-refractivity contribution in [2.75, 3.05) is 39.3 Å². The third kappa shape index (κ3) is 4.73. The topological polar surface area (TPSA) is 47.0 Å². The summed E-state index contributed by atoms with van der Waals surface area (Å²) in [6.45, 7) is 12.6. The Bertz CT molecular complexity index is 758. The lowest BCUT2D eigenvalue weighted by molar-refractivity contribution is -0.134. The molecule has 3 fully saturated rings. The number of halogens is 1. The van der Waals surface area contributed by atoms with E-state index in [-0.39, 0.29) is 17.2 Å². The maximum atomic E-state index is 12.7. The van der Waals surface area contributed by atoms with Crippen molar-refractivity contribution in [2.45, 2.75) is 64.0 Å². The molecule has 0 spiro atoms. The predicted molar refractivity (Wildman–Crippen MR) is 117 cm³/mol. The molecular formula is C23H34ClN3O2. The van der Waals surface area contributed by atoms with Crippen LogP contribution in [-0.4, -0.2) is 76.6 Å². The van der Waals surface area contributed by atoms with Gasteiger partial charge in [0, 0.05) is 62.3 Å². The van der Waals surface area contributed by atoms with Crippen LogP contribution in [0.5, 0.6) is 5.75 Å². The van der Waals surface area contributed by atoms with E-state index in [9.17, 15) is 9.90 Å². The van der Waals surface area contributed by atoms with Crippen LogP contribution >= 0.6 is 11.6 Å². The Kier molecular flexibility index (Phi) is 5.84. The Labute approximate surface area is 179 Å². The zero-order valence-corrected chi connectivity index (χ0v) is 18.7. The number of rotatable bonds is 5. The number of aryl methyl sites for hydroxylation is 1. The SMILES string of the molecule is CC(C)(C)N1CC(N2CCN(C(=O)CCc3cc(C4CC4)c(Cl)cc3O)CC2)C1. The highest BCUT2D eigenvalue weighted by Crippen LogP contribution is 2.45. The Balaban J connectivity index is 1.24. The molecule has 1 amide bonds. The lowest BCUT2D eigenvalue weighted by Gasteiger charge is -2.53. The normalized spacial score (nSPS) is 22.0. The molecule has 29 heavy (non-hydrogen) atoms. The second-order valence-electron chi connectivity index (χ2n) is 9.92. The molecule has 160 valence electrons. The van der Waals surface area contributed by atoms with E-state index in [0.717, 1.165) is 50.4 Å². The van der Waals surface area contributed by atoms with Gasteiger partial charge in [-0.3, -0.25) is 14.6 Å². The summed E-state index contributed by atoms with van der Waals surface area (Å²) in [6.07, 6.45) is 3.36. The number of benzene rings is 1. The highest BCUT2D eigenvalue weighted by Gasteiger charge is 2.38. The second kappa shape index (κ2) is 8.09. The molecule has 0 bridgehead atoms. The van der Waals surface area contributed by atoms with E-state index in [0.29, 0.717) is 29.8 Å². The zero-order chi connectivity index (χ0) is 20.8. The average molecular weight is 420 g/mol. The van der Waals surface area contributed by atoms with Crippen molar-refractivity contribution >= 4 is 17.5 Å². The number of aromatic hydroxyl groups is 1. The molecule has 2 heterocycles. The van der Waals surface area contributed by atoms with Crippen molar-refractivity contribution in [2.24, 2.45) is 0 Å². The van der Waals surface area contributed by atoms with E-state index < -0.39 is 0 Å². The highest BCUT2D eigenvalue weighted by atomic mass is 35.5. The fourth-order valence-corrected chi connectivity index (χ4v) is 4.82. The lowest BCUT2D eigenvalue weighted by atomic mass is 9.96. The number of likely N-dealkylation sites (tertiary alicyclic amines) is 1. The summed E-state index contributed by atoms with van der Waals surface area (Å²) in [5, 5.41) is 10.9. The molecule has 4 rings (SSSR count). The summed E-state index contributed by atoms with van der Waals surface area (Å²) in [5.41, 5.74) is 2.23. The molecule has 1 saturated carbocycles. The van der Waals surface area contributed by atoms with E-state index in [1.807, 2.05) is 11.0 Å². The second-order valence-corrected chi connectivity index (χ2v) is 10.3. The zero-order valence-electron chi connectivity index (χ0n) is 18.0. The van der Waals surface area contributed by atoms with Gasteiger partial charge in [-0.2, -0.15) is 0 Å². The maximum Gasteiger partial charge on any atom is 0.222 e. The quantitative estimate of drug-likeness (QED) is 0.793. The minimum atomic E-state index is 0.192. The van der Waals surface area contributed by atoms with Crippen molar-refractivity contribution < 1.29 is 9.90 Å². The van der Waals surface area contributed by atoms with Crippen LogP contribution in [0.4, 0.5) is 0 Å². The van der Waals surface area contributed by atoms with Crippen LogP contribution in [0.3, 0.4) is 0 Å². The number of amides is 1. The number of carbonyl (C=O) groups excluding carboxylic acids is 1. The summed E-state index contributed by atoms with van der Waals surface area (Å²) in [4.78, 5) is 19.8. The van der Waals surface area contributed by atoms with E-state index in [4.69, 9.17) is 11.6 Å². The molecule has 1 aromatic carbocycles. The van der Waals surface area contributed by atoms with Crippen LogP contribution in [0.1, 0.15) is 57.1 Å². The van der Waals surface area contributed by atoms with Gasteiger partial charge in [0.15, 0.2) is 0 Å². The van der Waals surface area contributed by atoms with Crippen molar-refractivity contribution in [1.82, 2.24) is 14.7 Å². The summed E-state index contributed by atoms with van der Waals surface area (Å²) in [7, 11) is 0. The Hall–Kier alpha value is -1.30. The number of hydrogen-bond acceptors (Lipinski definition) is 4. The number of carbonyl (C=O) groups is 1. The number of phenolic OH excluding ortho intramolecular Hbond substituents is 1. The van der Waals surface area contributed by atoms with E-state index in [1.165, 1.54) is 12.8 Å². The van der Waals surface area contributed by atoms with Gasteiger partial charge >= 0.3 is 0 Å². The fraction of sp³-hybridized carbons (Fsp3) is 0.696. The smallest absolute Gasteiger partial charge is 0.222 e. The number of piperazine rings is 1. The van der Waals surface area contributed by atoms with Gasteiger partial charge in [-0.25, -0.2) is 0 Å². The van der Waals surface area contributed by atoms with Gasteiger partial charge in [0.25, 0.3) is 0 Å². The molecule has 0 unspecified atom stereocenters. The van der Waals surface area contributed by atoms with Crippen LogP contribution in [0.25, 0.3) is 0 Å². The largest absolute Gasteiger partial charge is 0.508 e. The first-order valence-electron chi connectivity index (χ1n) is 11.0. The first-order chi connectivity index (χ1) is 13.7. The maximum absolute atomic E-state index is 12.7. The van der Waals surface area contributed by atoms with Crippen molar-refractivity contribution in [1.29, 1.82) is 0 Å². The third-order valence-electron chi connectivity index (χ3n) is 6.82. The number of hydrogen-bond donors (Lipinski definition) is 1. The van der Waals surface area contributed by atoms with Crippen LogP contribution in [0.2, 0.25) is 5.02 Å². The molecule has 2 saturated heterocycles. The van der Waals surface area contributed by atoms with Gasteiger partial charge < -0.3 is 10.0 Å². The predicted octanol–water partition coefficient (Wildman–Crippen LogP) is 3.48. The molecule has 1 N–H and O–H groups in total. The van der Waals surface area contributed by atoms with Crippen LogP contribution in [0, 0.1) is 0 Å². The summed E-state index contributed by atoms with van der Waals surface area (Å²) in [6, 6.07) is 4.30. The standard InChI is InChI=1S/C23H34ClN3O2/c1-23(2,3)27-14-18(15-27)25-8-10-26(11-9-25)22(29)7-6-17-12-19(16-4-5-16)20(24)13-21(17)28/h12-13,16,18,28H,4-11,14-15H2,1-3H3. The number of phenols is 1. The molecule has 0 aromatic heterocycles. The van der Waals surface area contributed by atoms with E-state index >= 15 is 0 Å². The minimum Gasteiger partial charge on any atom is -0.508 e. The van der Waals surface area contributed by atoms with Crippen LogP contribution in [0.15, 0.2) is 12.1 Å². The number of nitrogens with zero attached hydrogens (tertiary/aromatic N) is 3. The molecule has 0 radical (unpaired) electrons. The van der Waals surface area contributed by atoms with Crippen LogP contribution < -0.4 is 0 Å². The van der Waals surface area contributed by atoms with Gasteiger partial charge in [-0.15, -0.1) is 0 Å². The van der Waals surface area contributed by atoms with Crippen molar-refractivity contribution in [3.05, 3.63) is 28.3 Å². The summed E-state index contributed by atoms with van der Waals surface area (Å²) >= 11 is 6.27. The van der Waals surface area contributed by atoms with Gasteiger partial charge in [0.2, 0.25) is 5.91 Å². The minimum absolute atomic E-state index is 0.192. The van der Waals surface area contributed by atoms with E-state index in [2.05, 4.69) is 30.6 Å². The Morgan fingerprint density at radius 3 is 2.38 bits per heavy atom. The summed E-state index contributed by atoms with van der Waals surface area (Å²) in [5.74, 6) is 0.939. The van der Waals surface area contributed by atoms with Crippen molar-refractivity contribution in [3.63, 3.8) is 0 Å². The molecule has 0 atom stereocenters. The van der Waals surface area contributed by atoms with Gasteiger partial charge in [0.05, 0.1) is 0 Å². The molecular weight excluding hydrogens is 386 g/mol.